The number of hydrogen-bond acceptors (Lipinski definition) is 4. The van der Waals surface area contributed by atoms with Crippen LogP contribution in [0.15, 0.2) is 59.7 Å². The van der Waals surface area contributed by atoms with Crippen molar-refractivity contribution in [3.63, 3.8) is 0 Å². The number of benzene rings is 2. The van der Waals surface area contributed by atoms with Crippen LogP contribution in [-0.4, -0.2) is 45.9 Å². The van der Waals surface area contributed by atoms with Gasteiger partial charge in [0, 0.05) is 31.7 Å². The molecule has 5 rings (SSSR count). The van der Waals surface area contributed by atoms with Crippen molar-refractivity contribution in [3.05, 3.63) is 71.0 Å². The van der Waals surface area contributed by atoms with Crippen molar-refractivity contribution in [1.82, 2.24) is 14.5 Å². The zero-order chi connectivity index (χ0) is 22.2. The molecule has 1 aromatic heterocycles. The topological polar surface area (TPSA) is 75.5 Å². The standard InChI is InChI=1S/C24H23FN4O3/c25-17-7-9-18(10-8-17)28-13-16(12-22(28)30)23(31)27-11-3-4-19(14-27)29-15-26-21-6-2-1-5-20(21)24(29)32/h1-2,5-10,15-16,19H,3-4,11-14H2/t16-,19-/m0/s1. The quantitative estimate of drug-likeness (QED) is 0.635. The van der Waals surface area contributed by atoms with E-state index in [1.54, 1.807) is 38.9 Å². The highest BCUT2D eigenvalue weighted by molar-refractivity contribution is 6.00. The van der Waals surface area contributed by atoms with Crippen molar-refractivity contribution < 1.29 is 14.0 Å². The van der Waals surface area contributed by atoms with Gasteiger partial charge in [-0.2, -0.15) is 0 Å². The summed E-state index contributed by atoms with van der Waals surface area (Å²) in [5, 5.41) is 0.565. The van der Waals surface area contributed by atoms with Crippen LogP contribution < -0.4 is 10.5 Å². The number of carbonyl (C=O) groups is 2. The summed E-state index contributed by atoms with van der Waals surface area (Å²) in [4.78, 5) is 46.4. The maximum atomic E-state index is 13.2. The molecule has 2 amide bonds. The third-order valence-corrected chi connectivity index (χ3v) is 6.40. The van der Waals surface area contributed by atoms with E-state index in [0.717, 1.165) is 12.8 Å². The Labute approximate surface area is 184 Å². The lowest BCUT2D eigenvalue weighted by Gasteiger charge is -2.35. The summed E-state index contributed by atoms with van der Waals surface area (Å²) < 4.78 is 14.8. The molecular formula is C24H23FN4O3. The maximum absolute atomic E-state index is 13.2. The molecule has 2 fully saturated rings. The number of anilines is 1. The van der Waals surface area contributed by atoms with Crippen molar-refractivity contribution in [2.75, 3.05) is 24.5 Å². The SMILES string of the molecule is O=C([C@H]1CC(=O)N(c2ccc(F)cc2)C1)N1CCC[C@H](n2cnc3ccccc3c2=O)C1. The van der Waals surface area contributed by atoms with E-state index in [0.29, 0.717) is 29.7 Å². The van der Waals surface area contributed by atoms with Gasteiger partial charge in [0.25, 0.3) is 5.56 Å². The van der Waals surface area contributed by atoms with Gasteiger partial charge < -0.3 is 9.80 Å². The summed E-state index contributed by atoms with van der Waals surface area (Å²) in [5.74, 6) is -1.03. The van der Waals surface area contributed by atoms with E-state index in [1.165, 1.54) is 12.1 Å². The van der Waals surface area contributed by atoms with Crippen LogP contribution in [0, 0.1) is 11.7 Å². The predicted molar refractivity (Wildman–Crippen MR) is 118 cm³/mol. The molecule has 3 aromatic rings. The Kier molecular flexibility index (Phi) is 5.20. The van der Waals surface area contributed by atoms with Gasteiger partial charge >= 0.3 is 0 Å². The number of likely N-dealkylation sites (tertiary alicyclic amines) is 1. The first-order chi connectivity index (χ1) is 15.5. The summed E-state index contributed by atoms with van der Waals surface area (Å²) >= 11 is 0. The number of amides is 2. The summed E-state index contributed by atoms with van der Waals surface area (Å²) in [7, 11) is 0. The zero-order valence-electron chi connectivity index (χ0n) is 17.5. The van der Waals surface area contributed by atoms with Crippen LogP contribution in [0.1, 0.15) is 25.3 Å². The van der Waals surface area contributed by atoms with Gasteiger partial charge in [-0.3, -0.25) is 19.0 Å². The molecule has 0 bridgehead atoms. The number of para-hydroxylation sites is 1. The number of halogens is 1. The van der Waals surface area contributed by atoms with Crippen molar-refractivity contribution in [2.24, 2.45) is 5.92 Å². The van der Waals surface area contributed by atoms with Crippen LogP contribution in [-0.2, 0) is 9.59 Å². The lowest BCUT2D eigenvalue weighted by atomic mass is 10.0. The first-order valence-electron chi connectivity index (χ1n) is 10.8. The lowest BCUT2D eigenvalue weighted by Crippen LogP contribution is -2.45. The Bertz CT molecular complexity index is 1240. The minimum Gasteiger partial charge on any atom is -0.340 e. The fourth-order valence-corrected chi connectivity index (χ4v) is 4.73. The molecule has 0 saturated carbocycles. The molecule has 2 atom stereocenters. The number of nitrogens with zero attached hydrogens (tertiary/aromatic N) is 4. The van der Waals surface area contributed by atoms with Gasteiger partial charge in [-0.1, -0.05) is 12.1 Å². The van der Waals surface area contributed by atoms with Crippen molar-refractivity contribution in [2.45, 2.75) is 25.3 Å². The van der Waals surface area contributed by atoms with Gasteiger partial charge in [0.15, 0.2) is 0 Å². The number of fused-ring (bicyclic) bond motifs is 1. The second kappa shape index (κ2) is 8.18. The Balaban J connectivity index is 1.32. The molecule has 32 heavy (non-hydrogen) atoms. The van der Waals surface area contributed by atoms with Crippen LogP contribution in [0.4, 0.5) is 10.1 Å². The van der Waals surface area contributed by atoms with Gasteiger partial charge in [-0.25, -0.2) is 9.37 Å². The number of aromatic nitrogens is 2. The molecule has 8 heteroatoms. The van der Waals surface area contributed by atoms with E-state index in [2.05, 4.69) is 4.98 Å². The largest absolute Gasteiger partial charge is 0.340 e. The monoisotopic (exact) mass is 434 g/mol. The van der Waals surface area contributed by atoms with Gasteiger partial charge in [0.05, 0.1) is 29.2 Å². The molecule has 0 unspecified atom stereocenters. The number of carbonyl (C=O) groups excluding carboxylic acids is 2. The Morgan fingerprint density at radius 1 is 1.03 bits per heavy atom. The first kappa shape index (κ1) is 20.4. The van der Waals surface area contributed by atoms with E-state index in [-0.39, 0.29) is 42.2 Å². The van der Waals surface area contributed by atoms with E-state index in [4.69, 9.17) is 0 Å². The van der Waals surface area contributed by atoms with Gasteiger partial charge in [-0.05, 0) is 49.2 Å². The Hall–Kier alpha value is -3.55. The molecule has 7 nitrogen and oxygen atoms in total. The Morgan fingerprint density at radius 2 is 1.81 bits per heavy atom. The maximum Gasteiger partial charge on any atom is 0.261 e. The predicted octanol–water partition coefficient (Wildman–Crippen LogP) is 2.75. The number of piperidine rings is 1. The average Bonchev–Trinajstić information content (AvgIpc) is 3.21. The summed E-state index contributed by atoms with van der Waals surface area (Å²) in [5.41, 5.74) is 1.15. The molecule has 2 aliphatic heterocycles. The Morgan fingerprint density at radius 3 is 2.62 bits per heavy atom. The third-order valence-electron chi connectivity index (χ3n) is 6.40. The smallest absolute Gasteiger partial charge is 0.261 e. The van der Waals surface area contributed by atoms with Crippen LogP contribution in [0.3, 0.4) is 0 Å². The molecule has 0 N–H and O–H groups in total. The van der Waals surface area contributed by atoms with Gasteiger partial charge in [0.2, 0.25) is 11.8 Å². The van der Waals surface area contributed by atoms with Crippen molar-refractivity contribution in [3.8, 4) is 0 Å². The van der Waals surface area contributed by atoms with Gasteiger partial charge in [-0.15, -0.1) is 0 Å². The van der Waals surface area contributed by atoms with E-state index < -0.39 is 5.92 Å². The highest BCUT2D eigenvalue weighted by Gasteiger charge is 2.38. The lowest BCUT2D eigenvalue weighted by molar-refractivity contribution is -0.137. The summed E-state index contributed by atoms with van der Waals surface area (Å²) in [6, 6.07) is 12.8. The molecule has 164 valence electrons. The molecule has 2 aromatic carbocycles. The number of hydrogen-bond donors (Lipinski definition) is 0. The highest BCUT2D eigenvalue weighted by atomic mass is 19.1. The van der Waals surface area contributed by atoms with E-state index >= 15 is 0 Å². The number of rotatable bonds is 3. The van der Waals surface area contributed by atoms with Gasteiger partial charge in [0.1, 0.15) is 5.82 Å². The van der Waals surface area contributed by atoms with Crippen LogP contribution in [0.2, 0.25) is 0 Å². The molecular weight excluding hydrogens is 411 g/mol. The fourth-order valence-electron chi connectivity index (χ4n) is 4.73. The average molecular weight is 434 g/mol. The fraction of sp³-hybridized carbons (Fsp3) is 0.333. The third kappa shape index (κ3) is 3.66. The van der Waals surface area contributed by atoms with Crippen LogP contribution in [0.5, 0.6) is 0 Å². The highest BCUT2D eigenvalue weighted by Crippen LogP contribution is 2.29. The first-order valence-corrected chi connectivity index (χ1v) is 10.8. The van der Waals surface area contributed by atoms with E-state index in [9.17, 15) is 18.8 Å². The van der Waals surface area contributed by atoms with Crippen LogP contribution >= 0.6 is 0 Å². The minimum absolute atomic E-state index is 0.0746. The molecule has 0 radical (unpaired) electrons. The normalized spacial score (nSPS) is 21.3. The summed E-state index contributed by atoms with van der Waals surface area (Å²) in [6.07, 6.45) is 3.26. The van der Waals surface area contributed by atoms with Crippen molar-refractivity contribution in [1.29, 1.82) is 0 Å². The minimum atomic E-state index is -0.447. The van der Waals surface area contributed by atoms with Crippen molar-refractivity contribution >= 4 is 28.4 Å². The molecule has 0 spiro atoms. The second-order valence-electron chi connectivity index (χ2n) is 8.44. The van der Waals surface area contributed by atoms with Crippen LogP contribution in [0.25, 0.3) is 10.9 Å². The molecule has 2 saturated heterocycles. The van der Waals surface area contributed by atoms with E-state index in [1.807, 2.05) is 18.2 Å². The molecule has 0 aliphatic carbocycles. The second-order valence-corrected chi connectivity index (χ2v) is 8.44. The molecule has 3 heterocycles. The molecule has 2 aliphatic rings. The zero-order valence-corrected chi connectivity index (χ0v) is 17.5. The summed E-state index contributed by atoms with van der Waals surface area (Å²) in [6.45, 7) is 1.30.